The lowest BCUT2D eigenvalue weighted by molar-refractivity contribution is 0.661. The first-order valence-electron chi connectivity index (χ1n) is 23.7. The van der Waals surface area contributed by atoms with Crippen LogP contribution in [0.25, 0.3) is 33.4 Å². The van der Waals surface area contributed by atoms with Crippen LogP contribution in [0.2, 0.25) is 0 Å². The van der Waals surface area contributed by atoms with Crippen LogP contribution in [0, 0.1) is 13.8 Å². The van der Waals surface area contributed by atoms with Crippen LogP contribution in [0.15, 0.2) is 255 Å². The molecule has 0 amide bonds. The highest BCUT2D eigenvalue weighted by Gasteiger charge is 2.43. The van der Waals surface area contributed by atoms with Crippen molar-refractivity contribution in [3.05, 3.63) is 277 Å². The Hall–Kier alpha value is -7.37. The van der Waals surface area contributed by atoms with E-state index in [-0.39, 0.29) is 5.41 Å². The Kier molecular flexibility index (Phi) is 10.8. The zero-order valence-corrected chi connectivity index (χ0v) is 40.7. The molecule has 322 valence electrons. The number of rotatable bonds is 10. The van der Waals surface area contributed by atoms with Gasteiger partial charge < -0.3 is 0 Å². The van der Waals surface area contributed by atoms with Crippen molar-refractivity contribution in [3.8, 4) is 33.4 Å². The highest BCUT2D eigenvalue weighted by molar-refractivity contribution is 7.20. The van der Waals surface area contributed by atoms with Gasteiger partial charge in [0.15, 0.2) is 16.1 Å². The minimum absolute atomic E-state index is 0.176. The minimum atomic E-state index is -2.63. The standard InChI is InChI=1S/C65H54Si2/c1-47-43-57(66(51-23-11-5-12-24-51,52-25-13-6-14-26-52)53-27-15-7-16-28-53)37-41-59(47)49-35-39-61-62-40-36-50(46-64(62)65(3,4)63(61)45-49)60-42-38-58(44-48(60)2)67(54-29-17-8-18-30-54,55-31-19-9-20-32-55)56-33-21-10-22-34-56/h5-46H,1-4H3. The molecule has 2 heteroatoms. The van der Waals surface area contributed by atoms with E-state index in [0.717, 1.165) is 0 Å². The van der Waals surface area contributed by atoms with Gasteiger partial charge in [-0.2, -0.15) is 0 Å². The molecule has 0 spiro atoms. The van der Waals surface area contributed by atoms with Gasteiger partial charge in [-0.15, -0.1) is 0 Å². The van der Waals surface area contributed by atoms with Gasteiger partial charge in [0.1, 0.15) is 0 Å². The molecule has 0 aromatic heterocycles. The lowest BCUT2D eigenvalue weighted by Gasteiger charge is -2.35. The molecule has 0 saturated heterocycles. The average molecular weight is 891 g/mol. The first-order valence-corrected chi connectivity index (χ1v) is 27.7. The Morgan fingerprint density at radius 3 is 0.761 bits per heavy atom. The number of fused-ring (bicyclic) bond motifs is 3. The van der Waals surface area contributed by atoms with E-state index >= 15 is 0 Å². The summed E-state index contributed by atoms with van der Waals surface area (Å²) in [6.45, 7) is 9.43. The Balaban J connectivity index is 0.969. The van der Waals surface area contributed by atoms with Crippen LogP contribution in [-0.4, -0.2) is 16.1 Å². The van der Waals surface area contributed by atoms with E-state index in [1.54, 1.807) is 0 Å². The number of benzene rings is 10. The molecule has 1 aliphatic carbocycles. The van der Waals surface area contributed by atoms with Crippen LogP contribution in [0.3, 0.4) is 0 Å². The Labute approximate surface area is 399 Å². The molecular weight excluding hydrogens is 837 g/mol. The fourth-order valence-corrected chi connectivity index (χ4v) is 21.3. The predicted octanol–water partition coefficient (Wildman–Crippen LogP) is 10.7. The van der Waals surface area contributed by atoms with Gasteiger partial charge in [0.25, 0.3) is 0 Å². The Morgan fingerprint density at radius 1 is 0.254 bits per heavy atom. The molecule has 0 radical (unpaired) electrons. The van der Waals surface area contributed by atoms with Crippen LogP contribution >= 0.6 is 0 Å². The van der Waals surface area contributed by atoms with Gasteiger partial charge in [0.2, 0.25) is 0 Å². The molecule has 0 fully saturated rings. The van der Waals surface area contributed by atoms with Gasteiger partial charge in [-0.05, 0) is 123 Å². The van der Waals surface area contributed by atoms with Crippen molar-refractivity contribution < 1.29 is 0 Å². The molecule has 0 unspecified atom stereocenters. The van der Waals surface area contributed by atoms with Gasteiger partial charge in [-0.1, -0.05) is 257 Å². The van der Waals surface area contributed by atoms with Crippen LogP contribution in [0.5, 0.6) is 0 Å². The number of aryl methyl sites for hydroxylation is 2. The summed E-state index contributed by atoms with van der Waals surface area (Å²) >= 11 is 0. The highest BCUT2D eigenvalue weighted by Crippen LogP contribution is 2.51. The summed E-state index contributed by atoms with van der Waals surface area (Å²) in [5.41, 5.74) is 13.0. The van der Waals surface area contributed by atoms with Crippen LogP contribution in [0.4, 0.5) is 0 Å². The van der Waals surface area contributed by atoms with Crippen molar-refractivity contribution in [1.29, 1.82) is 0 Å². The fraction of sp³-hybridized carbons (Fsp3) is 0.0769. The second-order valence-corrected chi connectivity index (χ2v) is 26.5. The van der Waals surface area contributed by atoms with Gasteiger partial charge in [0.05, 0.1) is 0 Å². The Bertz CT molecular complexity index is 2940. The van der Waals surface area contributed by atoms with E-state index < -0.39 is 16.1 Å². The van der Waals surface area contributed by atoms with Crippen LogP contribution in [-0.2, 0) is 5.41 Å². The number of hydrogen-bond donors (Lipinski definition) is 0. The van der Waals surface area contributed by atoms with Crippen molar-refractivity contribution in [3.63, 3.8) is 0 Å². The summed E-state index contributed by atoms with van der Waals surface area (Å²) in [7, 11) is -5.27. The quantitative estimate of drug-likeness (QED) is 0.0948. The summed E-state index contributed by atoms with van der Waals surface area (Å²) < 4.78 is 0. The van der Waals surface area contributed by atoms with E-state index in [0.29, 0.717) is 0 Å². The summed E-state index contributed by atoms with van der Waals surface area (Å²) in [4.78, 5) is 0. The minimum Gasteiger partial charge on any atom is -0.0623 e. The molecular formula is C65H54Si2. The Morgan fingerprint density at radius 2 is 0.507 bits per heavy atom. The highest BCUT2D eigenvalue weighted by atomic mass is 28.3. The zero-order valence-electron chi connectivity index (χ0n) is 38.7. The fourth-order valence-electron chi connectivity index (χ4n) is 11.6. The molecule has 0 N–H and O–H groups in total. The van der Waals surface area contributed by atoms with E-state index in [2.05, 4.69) is 282 Å². The monoisotopic (exact) mass is 890 g/mol. The van der Waals surface area contributed by atoms with Crippen LogP contribution in [0.1, 0.15) is 36.1 Å². The molecule has 11 rings (SSSR count). The summed E-state index contributed by atoms with van der Waals surface area (Å²) in [6, 6.07) is 96.3. The number of hydrogen-bond acceptors (Lipinski definition) is 0. The summed E-state index contributed by atoms with van der Waals surface area (Å²) in [5, 5.41) is 11.2. The lowest BCUT2D eigenvalue weighted by Crippen LogP contribution is -2.74. The first-order chi connectivity index (χ1) is 32.8. The van der Waals surface area contributed by atoms with Gasteiger partial charge >= 0.3 is 0 Å². The molecule has 0 atom stereocenters. The largest absolute Gasteiger partial charge is 0.179 e. The van der Waals surface area contributed by atoms with Crippen LogP contribution < -0.4 is 41.5 Å². The van der Waals surface area contributed by atoms with Crippen molar-refractivity contribution in [2.24, 2.45) is 0 Å². The smallest absolute Gasteiger partial charge is 0.0623 e. The molecule has 0 nitrogen and oxygen atoms in total. The normalized spacial score (nSPS) is 12.9. The first kappa shape index (κ1) is 42.3. The average Bonchev–Trinajstić information content (AvgIpc) is 3.61. The second kappa shape index (κ2) is 17.1. The zero-order chi connectivity index (χ0) is 45.6. The summed E-state index contributed by atoms with van der Waals surface area (Å²) in [5.74, 6) is 0. The molecule has 0 bridgehead atoms. The molecule has 10 aromatic rings. The third-order valence-corrected chi connectivity index (χ3v) is 24.4. The molecule has 10 aromatic carbocycles. The van der Waals surface area contributed by atoms with E-state index in [1.807, 2.05) is 0 Å². The van der Waals surface area contributed by atoms with Gasteiger partial charge in [-0.25, -0.2) is 0 Å². The summed E-state index contributed by atoms with van der Waals surface area (Å²) in [6.07, 6.45) is 0. The van der Waals surface area contributed by atoms with Crippen molar-refractivity contribution in [2.45, 2.75) is 33.1 Å². The van der Waals surface area contributed by atoms with E-state index in [1.165, 1.54) is 97.1 Å². The maximum atomic E-state index is 2.49. The van der Waals surface area contributed by atoms with Crippen molar-refractivity contribution in [2.75, 3.05) is 0 Å². The van der Waals surface area contributed by atoms with Gasteiger partial charge in [-0.3, -0.25) is 0 Å². The van der Waals surface area contributed by atoms with Gasteiger partial charge in [0, 0.05) is 5.41 Å². The second-order valence-electron chi connectivity index (χ2n) is 18.9. The molecule has 1 aliphatic rings. The van der Waals surface area contributed by atoms with E-state index in [9.17, 15) is 0 Å². The molecule has 0 heterocycles. The third-order valence-electron chi connectivity index (χ3n) is 14.9. The third kappa shape index (κ3) is 6.94. The van der Waals surface area contributed by atoms with Crippen molar-refractivity contribution >= 4 is 57.6 Å². The lowest BCUT2D eigenvalue weighted by atomic mass is 9.80. The predicted molar refractivity (Wildman–Crippen MR) is 292 cm³/mol. The topological polar surface area (TPSA) is 0 Å². The van der Waals surface area contributed by atoms with Crippen molar-refractivity contribution in [1.82, 2.24) is 0 Å². The SMILES string of the molecule is Cc1cc([Si](c2ccccc2)(c2ccccc2)c2ccccc2)ccc1-c1ccc2c(c1)C(C)(C)c1cc(-c3ccc([Si](c4ccccc4)(c4ccccc4)c4ccccc4)cc3C)ccc1-2. The molecule has 67 heavy (non-hydrogen) atoms. The van der Waals surface area contributed by atoms with E-state index in [4.69, 9.17) is 0 Å². The maximum Gasteiger partial charge on any atom is 0.179 e. The molecule has 0 saturated carbocycles. The molecule has 0 aliphatic heterocycles. The maximum absolute atomic E-state index is 2.63.